The number of nitrogens with zero attached hydrogens (tertiary/aromatic N) is 1. The molecule has 2 fully saturated rings. The Morgan fingerprint density at radius 1 is 1.44 bits per heavy atom. The first kappa shape index (κ1) is 11.8. The normalized spacial score (nSPS) is 36.1. The fraction of sp³-hybridized carbons (Fsp3) is 0.909. The SMILES string of the molecule is CC1CN(C(=O)C2COCC2N)CCCO1. The first-order valence-corrected chi connectivity index (χ1v) is 5.92. The first-order valence-electron chi connectivity index (χ1n) is 5.92. The maximum atomic E-state index is 12.2. The van der Waals surface area contributed by atoms with Crippen LogP contribution in [0.1, 0.15) is 13.3 Å². The Bertz CT molecular complexity index is 260. The molecule has 0 aliphatic carbocycles. The second-order valence-corrected chi connectivity index (χ2v) is 4.63. The van der Waals surface area contributed by atoms with Crippen molar-refractivity contribution in [2.75, 3.05) is 32.9 Å². The van der Waals surface area contributed by atoms with Crippen molar-refractivity contribution in [1.29, 1.82) is 0 Å². The molecule has 2 rings (SSSR count). The predicted octanol–water partition coefficient (Wildman–Crippen LogP) is -0.402. The van der Waals surface area contributed by atoms with Crippen molar-refractivity contribution in [2.24, 2.45) is 11.7 Å². The Kier molecular flexibility index (Phi) is 3.78. The van der Waals surface area contributed by atoms with E-state index in [1.807, 2.05) is 11.8 Å². The lowest BCUT2D eigenvalue weighted by molar-refractivity contribution is -0.136. The van der Waals surface area contributed by atoms with Gasteiger partial charge in [0.05, 0.1) is 25.2 Å². The quantitative estimate of drug-likeness (QED) is 0.663. The molecular weight excluding hydrogens is 208 g/mol. The Morgan fingerprint density at radius 3 is 2.94 bits per heavy atom. The molecule has 0 saturated carbocycles. The predicted molar refractivity (Wildman–Crippen MR) is 58.9 cm³/mol. The minimum absolute atomic E-state index is 0.116. The molecule has 0 aromatic heterocycles. The van der Waals surface area contributed by atoms with Gasteiger partial charge in [-0.2, -0.15) is 0 Å². The van der Waals surface area contributed by atoms with E-state index in [1.165, 1.54) is 0 Å². The van der Waals surface area contributed by atoms with Crippen LogP contribution < -0.4 is 5.73 Å². The second-order valence-electron chi connectivity index (χ2n) is 4.63. The molecule has 16 heavy (non-hydrogen) atoms. The van der Waals surface area contributed by atoms with Gasteiger partial charge in [0.25, 0.3) is 0 Å². The molecule has 2 heterocycles. The van der Waals surface area contributed by atoms with Crippen LogP contribution in [0.2, 0.25) is 0 Å². The summed E-state index contributed by atoms with van der Waals surface area (Å²) in [7, 11) is 0. The summed E-state index contributed by atoms with van der Waals surface area (Å²) < 4.78 is 10.8. The van der Waals surface area contributed by atoms with Gasteiger partial charge in [0.15, 0.2) is 0 Å². The number of amides is 1. The summed E-state index contributed by atoms with van der Waals surface area (Å²) >= 11 is 0. The zero-order valence-corrected chi connectivity index (χ0v) is 9.72. The molecule has 2 aliphatic rings. The van der Waals surface area contributed by atoms with Gasteiger partial charge in [-0.25, -0.2) is 0 Å². The van der Waals surface area contributed by atoms with E-state index < -0.39 is 0 Å². The van der Waals surface area contributed by atoms with Gasteiger partial charge in [0.1, 0.15) is 0 Å². The van der Waals surface area contributed by atoms with E-state index in [4.69, 9.17) is 15.2 Å². The molecule has 0 radical (unpaired) electrons. The summed E-state index contributed by atoms with van der Waals surface area (Å²) in [4.78, 5) is 14.1. The van der Waals surface area contributed by atoms with E-state index in [1.54, 1.807) is 0 Å². The Labute approximate surface area is 95.9 Å². The monoisotopic (exact) mass is 228 g/mol. The third kappa shape index (κ3) is 2.53. The van der Waals surface area contributed by atoms with Crippen molar-refractivity contribution in [1.82, 2.24) is 4.90 Å². The van der Waals surface area contributed by atoms with E-state index in [9.17, 15) is 4.79 Å². The molecule has 2 aliphatic heterocycles. The molecule has 0 bridgehead atoms. The summed E-state index contributed by atoms with van der Waals surface area (Å²) in [5.74, 6) is -0.0346. The van der Waals surface area contributed by atoms with Crippen molar-refractivity contribution < 1.29 is 14.3 Å². The average molecular weight is 228 g/mol. The zero-order chi connectivity index (χ0) is 11.5. The van der Waals surface area contributed by atoms with Gasteiger partial charge in [-0.3, -0.25) is 4.79 Å². The molecule has 2 N–H and O–H groups in total. The lowest BCUT2D eigenvalue weighted by atomic mass is 10.0. The molecule has 1 amide bonds. The molecule has 0 spiro atoms. The molecule has 3 unspecified atom stereocenters. The van der Waals surface area contributed by atoms with Gasteiger partial charge in [0.2, 0.25) is 5.91 Å². The molecule has 5 nitrogen and oxygen atoms in total. The Hall–Kier alpha value is -0.650. The summed E-state index contributed by atoms with van der Waals surface area (Å²) in [6.45, 7) is 5.13. The van der Waals surface area contributed by atoms with Crippen LogP contribution in [-0.4, -0.2) is 55.9 Å². The summed E-state index contributed by atoms with van der Waals surface area (Å²) in [5, 5.41) is 0. The Morgan fingerprint density at radius 2 is 2.25 bits per heavy atom. The fourth-order valence-corrected chi connectivity index (χ4v) is 2.25. The van der Waals surface area contributed by atoms with Crippen LogP contribution in [0, 0.1) is 5.92 Å². The number of ether oxygens (including phenoxy) is 2. The summed E-state index contributed by atoms with van der Waals surface area (Å²) in [6.07, 6.45) is 1.02. The molecule has 0 aromatic carbocycles. The van der Waals surface area contributed by atoms with Gasteiger partial charge < -0.3 is 20.1 Å². The van der Waals surface area contributed by atoms with E-state index in [-0.39, 0.29) is 24.0 Å². The summed E-state index contributed by atoms with van der Waals surface area (Å²) in [5.41, 5.74) is 5.86. The molecule has 5 heteroatoms. The molecular formula is C11H20N2O3. The third-order valence-corrected chi connectivity index (χ3v) is 3.21. The van der Waals surface area contributed by atoms with Crippen LogP contribution >= 0.6 is 0 Å². The zero-order valence-electron chi connectivity index (χ0n) is 9.72. The van der Waals surface area contributed by atoms with E-state index in [2.05, 4.69) is 0 Å². The van der Waals surface area contributed by atoms with Gasteiger partial charge >= 0.3 is 0 Å². The van der Waals surface area contributed by atoms with Crippen LogP contribution in [0.3, 0.4) is 0 Å². The Balaban J connectivity index is 1.97. The van der Waals surface area contributed by atoms with Crippen molar-refractivity contribution in [3.05, 3.63) is 0 Å². The van der Waals surface area contributed by atoms with Gasteiger partial charge in [0, 0.05) is 25.7 Å². The van der Waals surface area contributed by atoms with Crippen molar-refractivity contribution >= 4 is 5.91 Å². The number of carbonyl (C=O) groups excluding carboxylic acids is 1. The van der Waals surface area contributed by atoms with E-state index in [0.717, 1.165) is 19.6 Å². The number of rotatable bonds is 1. The third-order valence-electron chi connectivity index (χ3n) is 3.21. The number of hydrogen-bond acceptors (Lipinski definition) is 4. The lowest BCUT2D eigenvalue weighted by Crippen LogP contribution is -2.45. The van der Waals surface area contributed by atoms with Crippen LogP contribution in [-0.2, 0) is 14.3 Å². The number of nitrogens with two attached hydrogens (primary N) is 1. The molecule has 92 valence electrons. The topological polar surface area (TPSA) is 64.8 Å². The maximum absolute atomic E-state index is 12.2. The largest absolute Gasteiger partial charge is 0.379 e. The number of hydrogen-bond donors (Lipinski definition) is 1. The minimum atomic E-state index is -0.162. The second kappa shape index (κ2) is 5.12. The molecule has 2 saturated heterocycles. The number of carbonyl (C=O) groups is 1. The smallest absolute Gasteiger partial charge is 0.229 e. The standard InChI is InChI=1S/C11H20N2O3/c1-8-5-13(3-2-4-16-8)11(14)9-6-15-7-10(9)12/h8-10H,2-7,12H2,1H3. The van der Waals surface area contributed by atoms with Gasteiger partial charge in [-0.1, -0.05) is 0 Å². The first-order chi connectivity index (χ1) is 7.68. The highest BCUT2D eigenvalue weighted by atomic mass is 16.5. The lowest BCUT2D eigenvalue weighted by Gasteiger charge is -2.26. The highest BCUT2D eigenvalue weighted by Gasteiger charge is 2.35. The molecule has 0 aromatic rings. The van der Waals surface area contributed by atoms with Crippen molar-refractivity contribution in [3.8, 4) is 0 Å². The highest BCUT2D eigenvalue weighted by Crippen LogP contribution is 2.17. The average Bonchev–Trinajstić information content (AvgIpc) is 2.55. The molecule has 3 atom stereocenters. The fourth-order valence-electron chi connectivity index (χ4n) is 2.25. The van der Waals surface area contributed by atoms with Crippen LogP contribution in [0.25, 0.3) is 0 Å². The van der Waals surface area contributed by atoms with Crippen LogP contribution in [0.15, 0.2) is 0 Å². The van der Waals surface area contributed by atoms with E-state index in [0.29, 0.717) is 19.8 Å². The maximum Gasteiger partial charge on any atom is 0.229 e. The van der Waals surface area contributed by atoms with Gasteiger partial charge in [-0.05, 0) is 13.3 Å². The van der Waals surface area contributed by atoms with E-state index >= 15 is 0 Å². The van der Waals surface area contributed by atoms with Crippen molar-refractivity contribution in [2.45, 2.75) is 25.5 Å². The van der Waals surface area contributed by atoms with Crippen LogP contribution in [0.4, 0.5) is 0 Å². The van der Waals surface area contributed by atoms with Gasteiger partial charge in [-0.15, -0.1) is 0 Å². The van der Waals surface area contributed by atoms with Crippen LogP contribution in [0.5, 0.6) is 0 Å². The van der Waals surface area contributed by atoms with Crippen molar-refractivity contribution in [3.63, 3.8) is 0 Å². The minimum Gasteiger partial charge on any atom is -0.379 e. The highest BCUT2D eigenvalue weighted by molar-refractivity contribution is 5.80. The summed E-state index contributed by atoms with van der Waals surface area (Å²) in [6, 6.07) is -0.146.